The van der Waals surface area contributed by atoms with Crippen molar-refractivity contribution in [2.24, 2.45) is 0 Å². The second kappa shape index (κ2) is 3.53. The largest absolute Gasteiger partial charge is 0.250 e. The Hall–Kier alpha value is -0.420. The van der Waals surface area contributed by atoms with E-state index in [4.69, 9.17) is 0 Å². The molecule has 0 unspecified atom stereocenters. The van der Waals surface area contributed by atoms with Crippen LogP contribution in [0.3, 0.4) is 0 Å². The molecule has 0 aromatic carbocycles. The van der Waals surface area contributed by atoms with E-state index in [-0.39, 0.29) is 11.5 Å². The van der Waals surface area contributed by atoms with Crippen molar-refractivity contribution in [2.75, 3.05) is 5.75 Å². The number of nitrogens with zero attached hydrogens (tertiary/aromatic N) is 1. The minimum absolute atomic E-state index is 0.139. The van der Waals surface area contributed by atoms with E-state index < -0.39 is 9.84 Å². The molecular weight excluding hydrogens is 194 g/mol. The summed E-state index contributed by atoms with van der Waals surface area (Å²) in [4.78, 5) is 4.85. The lowest BCUT2D eigenvalue weighted by atomic mass is 10.4. The van der Waals surface area contributed by atoms with Gasteiger partial charge in [0.15, 0.2) is 9.84 Å². The topological polar surface area (TPSA) is 47.0 Å². The maximum absolute atomic E-state index is 11.2. The van der Waals surface area contributed by atoms with Crippen LogP contribution in [0.1, 0.15) is 17.5 Å². The molecule has 0 aliphatic heterocycles. The first-order chi connectivity index (χ1) is 5.55. The Morgan fingerprint density at radius 1 is 1.58 bits per heavy atom. The zero-order valence-electron chi connectivity index (χ0n) is 7.07. The van der Waals surface area contributed by atoms with Gasteiger partial charge in [0.2, 0.25) is 0 Å². The molecule has 0 saturated heterocycles. The summed E-state index contributed by atoms with van der Waals surface area (Å²) >= 11 is 1.40. The van der Waals surface area contributed by atoms with E-state index in [2.05, 4.69) is 4.98 Å². The first-order valence-electron chi connectivity index (χ1n) is 3.64. The number of sulfone groups is 1. The summed E-state index contributed by atoms with van der Waals surface area (Å²) in [5.41, 5.74) is 2.51. The van der Waals surface area contributed by atoms with Crippen molar-refractivity contribution < 1.29 is 8.42 Å². The van der Waals surface area contributed by atoms with E-state index in [0.717, 1.165) is 10.6 Å². The molecular formula is C7H11NO2S2. The first kappa shape index (κ1) is 9.67. The lowest BCUT2D eigenvalue weighted by molar-refractivity contribution is 0.596. The molecule has 0 aliphatic rings. The van der Waals surface area contributed by atoms with Crippen LogP contribution in [0.15, 0.2) is 5.51 Å². The smallest absolute Gasteiger partial charge is 0.155 e. The van der Waals surface area contributed by atoms with Crippen molar-refractivity contribution in [3.05, 3.63) is 16.1 Å². The van der Waals surface area contributed by atoms with Crippen LogP contribution in [0, 0.1) is 6.92 Å². The van der Waals surface area contributed by atoms with Crippen LogP contribution in [0.25, 0.3) is 0 Å². The number of thiazole rings is 1. The van der Waals surface area contributed by atoms with Gasteiger partial charge in [0.1, 0.15) is 0 Å². The highest BCUT2D eigenvalue weighted by Crippen LogP contribution is 2.15. The van der Waals surface area contributed by atoms with Crippen LogP contribution in [0.4, 0.5) is 0 Å². The second-order valence-corrected chi connectivity index (χ2v) is 5.83. The highest BCUT2D eigenvalue weighted by atomic mass is 32.2. The summed E-state index contributed by atoms with van der Waals surface area (Å²) in [5.74, 6) is 0.338. The van der Waals surface area contributed by atoms with Crippen LogP contribution in [-0.2, 0) is 15.6 Å². The Kier molecular flexibility index (Phi) is 2.85. The molecule has 12 heavy (non-hydrogen) atoms. The fraction of sp³-hybridized carbons (Fsp3) is 0.571. The Bertz CT molecular complexity index is 353. The number of hydrogen-bond acceptors (Lipinski definition) is 4. The van der Waals surface area contributed by atoms with Crippen LogP contribution in [0.2, 0.25) is 0 Å². The molecule has 0 N–H and O–H groups in total. The third kappa shape index (κ3) is 2.28. The molecule has 0 atom stereocenters. The molecule has 1 aromatic heterocycles. The van der Waals surface area contributed by atoms with Gasteiger partial charge in [-0.05, 0) is 6.92 Å². The molecule has 1 rings (SSSR count). The number of hydrogen-bond donors (Lipinski definition) is 0. The van der Waals surface area contributed by atoms with Crippen molar-refractivity contribution in [3.8, 4) is 0 Å². The molecule has 0 aliphatic carbocycles. The molecule has 0 spiro atoms. The SMILES string of the molecule is CCS(=O)(=O)Cc1scnc1C. The quantitative estimate of drug-likeness (QED) is 0.749. The lowest BCUT2D eigenvalue weighted by Crippen LogP contribution is -2.06. The molecule has 0 fully saturated rings. The van der Waals surface area contributed by atoms with Gasteiger partial charge in [0.25, 0.3) is 0 Å². The van der Waals surface area contributed by atoms with Gasteiger partial charge < -0.3 is 0 Å². The Labute approximate surface area is 76.4 Å². The van der Waals surface area contributed by atoms with Crippen molar-refractivity contribution in [1.82, 2.24) is 4.98 Å². The van der Waals surface area contributed by atoms with Crippen molar-refractivity contribution in [1.29, 1.82) is 0 Å². The van der Waals surface area contributed by atoms with E-state index in [1.807, 2.05) is 6.92 Å². The van der Waals surface area contributed by atoms with Gasteiger partial charge in [0, 0.05) is 10.6 Å². The fourth-order valence-corrected chi connectivity index (χ4v) is 2.95. The number of aromatic nitrogens is 1. The van der Waals surface area contributed by atoms with E-state index in [1.54, 1.807) is 12.4 Å². The van der Waals surface area contributed by atoms with Gasteiger partial charge in [0.05, 0.1) is 17.0 Å². The minimum Gasteiger partial charge on any atom is -0.250 e. The molecule has 3 nitrogen and oxygen atoms in total. The average Bonchev–Trinajstić information content (AvgIpc) is 2.36. The van der Waals surface area contributed by atoms with Gasteiger partial charge in [-0.1, -0.05) is 6.92 Å². The number of rotatable bonds is 3. The summed E-state index contributed by atoms with van der Waals surface area (Å²) in [7, 11) is -2.89. The van der Waals surface area contributed by atoms with Crippen LogP contribution >= 0.6 is 11.3 Å². The van der Waals surface area contributed by atoms with Crippen molar-refractivity contribution >= 4 is 21.2 Å². The zero-order valence-corrected chi connectivity index (χ0v) is 8.70. The van der Waals surface area contributed by atoms with Crippen LogP contribution < -0.4 is 0 Å². The Morgan fingerprint density at radius 3 is 2.67 bits per heavy atom. The summed E-state index contributed by atoms with van der Waals surface area (Å²) in [6, 6.07) is 0. The van der Waals surface area contributed by atoms with E-state index >= 15 is 0 Å². The third-order valence-corrected chi connectivity index (χ3v) is 4.36. The average molecular weight is 205 g/mol. The van der Waals surface area contributed by atoms with E-state index in [0.29, 0.717) is 0 Å². The standard InChI is InChI=1S/C7H11NO2S2/c1-3-12(9,10)4-7-6(2)8-5-11-7/h5H,3-4H2,1-2H3. The predicted octanol–water partition coefficient (Wildman–Crippen LogP) is 1.39. The normalized spacial score (nSPS) is 11.8. The maximum atomic E-state index is 11.2. The summed E-state index contributed by atoms with van der Waals surface area (Å²) in [5, 5.41) is 0. The van der Waals surface area contributed by atoms with Gasteiger partial charge in [-0.25, -0.2) is 13.4 Å². The second-order valence-electron chi connectivity index (χ2n) is 2.54. The minimum atomic E-state index is -2.89. The van der Waals surface area contributed by atoms with Gasteiger partial charge >= 0.3 is 0 Å². The first-order valence-corrected chi connectivity index (χ1v) is 6.34. The van der Waals surface area contributed by atoms with Gasteiger partial charge in [-0.2, -0.15) is 0 Å². The molecule has 68 valence electrons. The van der Waals surface area contributed by atoms with Gasteiger partial charge in [-0.15, -0.1) is 11.3 Å². The lowest BCUT2D eigenvalue weighted by Gasteiger charge is -1.97. The van der Waals surface area contributed by atoms with E-state index in [9.17, 15) is 8.42 Å². The zero-order chi connectivity index (χ0) is 9.19. The highest BCUT2D eigenvalue weighted by molar-refractivity contribution is 7.90. The molecule has 1 heterocycles. The summed E-state index contributed by atoms with van der Waals surface area (Å²) < 4.78 is 22.4. The van der Waals surface area contributed by atoms with Gasteiger partial charge in [-0.3, -0.25) is 0 Å². The molecule has 0 amide bonds. The highest BCUT2D eigenvalue weighted by Gasteiger charge is 2.12. The Morgan fingerprint density at radius 2 is 2.25 bits per heavy atom. The number of aryl methyl sites for hydroxylation is 1. The van der Waals surface area contributed by atoms with Crippen LogP contribution in [-0.4, -0.2) is 19.2 Å². The predicted molar refractivity (Wildman–Crippen MR) is 50.0 cm³/mol. The third-order valence-electron chi connectivity index (χ3n) is 1.64. The molecule has 0 radical (unpaired) electrons. The summed E-state index contributed by atoms with van der Waals surface area (Å²) in [6.07, 6.45) is 0. The fourth-order valence-electron chi connectivity index (χ4n) is 0.767. The van der Waals surface area contributed by atoms with Crippen LogP contribution in [0.5, 0.6) is 0 Å². The molecule has 5 heteroatoms. The Balaban J connectivity index is 2.84. The van der Waals surface area contributed by atoms with E-state index in [1.165, 1.54) is 11.3 Å². The monoisotopic (exact) mass is 205 g/mol. The molecule has 1 aromatic rings. The van der Waals surface area contributed by atoms with Crippen molar-refractivity contribution in [2.45, 2.75) is 19.6 Å². The molecule has 0 saturated carbocycles. The summed E-state index contributed by atoms with van der Waals surface area (Å²) in [6.45, 7) is 3.49. The molecule has 0 bridgehead atoms. The maximum Gasteiger partial charge on any atom is 0.155 e. The van der Waals surface area contributed by atoms with Crippen molar-refractivity contribution in [3.63, 3.8) is 0 Å².